The van der Waals surface area contributed by atoms with Crippen LogP contribution in [0.1, 0.15) is 31.4 Å². The quantitative estimate of drug-likeness (QED) is 0.701. The zero-order chi connectivity index (χ0) is 20.2. The normalized spacial score (nSPS) is 20.1. The van der Waals surface area contributed by atoms with Crippen LogP contribution in [0.5, 0.6) is 0 Å². The van der Waals surface area contributed by atoms with Crippen molar-refractivity contribution in [2.75, 3.05) is 13.1 Å². The van der Waals surface area contributed by atoms with Crippen molar-refractivity contribution >= 4 is 16.9 Å². The molecule has 2 aromatic carbocycles. The van der Waals surface area contributed by atoms with Crippen molar-refractivity contribution in [2.24, 2.45) is 11.8 Å². The van der Waals surface area contributed by atoms with Crippen LogP contribution in [0.4, 0.5) is 0 Å². The van der Waals surface area contributed by atoms with Gasteiger partial charge in [-0.05, 0) is 41.5 Å². The van der Waals surface area contributed by atoms with E-state index in [4.69, 9.17) is 0 Å². The summed E-state index contributed by atoms with van der Waals surface area (Å²) in [5, 5.41) is 11.3. The minimum Gasteiger partial charge on any atom is -0.350 e. The Morgan fingerprint density at radius 3 is 2.52 bits per heavy atom. The molecule has 1 aliphatic rings. The van der Waals surface area contributed by atoms with E-state index in [0.717, 1.165) is 42.5 Å². The zero-order valence-corrected chi connectivity index (χ0v) is 17.2. The Balaban J connectivity index is 1.38. The first-order valence-electron chi connectivity index (χ1n) is 10.4. The molecule has 0 radical (unpaired) electrons. The predicted molar refractivity (Wildman–Crippen MR) is 114 cm³/mol. The fourth-order valence-corrected chi connectivity index (χ4v) is 4.47. The second kappa shape index (κ2) is 8.74. The Bertz CT molecular complexity index is 972. The van der Waals surface area contributed by atoms with Crippen molar-refractivity contribution in [1.29, 1.82) is 0 Å². The number of para-hydroxylation sites is 1. The number of likely N-dealkylation sites (tertiary alicyclic amines) is 1. The molecule has 152 valence electrons. The third-order valence-electron chi connectivity index (χ3n) is 5.65. The summed E-state index contributed by atoms with van der Waals surface area (Å²) in [5.74, 6) is 1.42. The van der Waals surface area contributed by atoms with Gasteiger partial charge in [-0.1, -0.05) is 55.5 Å². The number of piperidine rings is 1. The molecule has 0 spiro atoms. The maximum absolute atomic E-state index is 12.5. The Labute approximate surface area is 171 Å². The van der Waals surface area contributed by atoms with Crippen LogP contribution in [0.3, 0.4) is 0 Å². The third kappa shape index (κ3) is 4.82. The summed E-state index contributed by atoms with van der Waals surface area (Å²) in [5.41, 5.74) is 4.14. The molecule has 4 rings (SSSR count). The van der Waals surface area contributed by atoms with Crippen molar-refractivity contribution in [1.82, 2.24) is 25.2 Å². The number of rotatable bonds is 6. The summed E-state index contributed by atoms with van der Waals surface area (Å²) in [6.07, 6.45) is 1.31. The number of hydrogen-bond acceptors (Lipinski definition) is 4. The molecule has 2 atom stereocenters. The van der Waals surface area contributed by atoms with Crippen molar-refractivity contribution in [2.45, 2.75) is 39.9 Å². The molecule has 1 aliphatic heterocycles. The van der Waals surface area contributed by atoms with E-state index in [2.05, 4.69) is 52.6 Å². The second-order valence-corrected chi connectivity index (χ2v) is 8.42. The lowest BCUT2D eigenvalue weighted by atomic mass is 9.91. The van der Waals surface area contributed by atoms with E-state index in [1.807, 2.05) is 30.3 Å². The molecular formula is C23H29N5O. The van der Waals surface area contributed by atoms with Crippen LogP contribution >= 0.6 is 0 Å². The molecular weight excluding hydrogens is 362 g/mol. The lowest BCUT2D eigenvalue weighted by molar-refractivity contribution is -0.121. The summed E-state index contributed by atoms with van der Waals surface area (Å²) in [6.45, 7) is 8.60. The molecule has 1 saturated heterocycles. The highest BCUT2D eigenvalue weighted by Crippen LogP contribution is 2.23. The van der Waals surface area contributed by atoms with E-state index in [1.165, 1.54) is 17.5 Å². The standard InChI is InChI=1S/C23H29N5O/c1-17-11-18(2)14-27(13-17)15-20-8-4-3-7-19(20)12-24-23(29)16-28-22-10-6-5-9-21(22)25-26-28/h3-10,17-18H,11-16H2,1-2H3,(H,24,29)/t17-,18+. The summed E-state index contributed by atoms with van der Waals surface area (Å²) in [7, 11) is 0. The number of nitrogens with one attached hydrogen (secondary N) is 1. The number of benzene rings is 2. The number of carbonyl (C=O) groups is 1. The van der Waals surface area contributed by atoms with E-state index in [0.29, 0.717) is 6.54 Å². The molecule has 1 aromatic heterocycles. The molecule has 0 bridgehead atoms. The van der Waals surface area contributed by atoms with Crippen LogP contribution in [0.2, 0.25) is 0 Å². The number of nitrogens with zero attached hydrogens (tertiary/aromatic N) is 4. The predicted octanol–water partition coefficient (Wildman–Crippen LogP) is 3.23. The molecule has 3 aromatic rings. The highest BCUT2D eigenvalue weighted by Gasteiger charge is 2.22. The second-order valence-electron chi connectivity index (χ2n) is 8.42. The number of carbonyl (C=O) groups excluding carboxylic acids is 1. The van der Waals surface area contributed by atoms with Crippen molar-refractivity contribution < 1.29 is 4.79 Å². The molecule has 0 saturated carbocycles. The van der Waals surface area contributed by atoms with E-state index < -0.39 is 0 Å². The highest BCUT2D eigenvalue weighted by molar-refractivity contribution is 5.79. The summed E-state index contributed by atoms with van der Waals surface area (Å²) in [4.78, 5) is 15.0. The monoisotopic (exact) mass is 391 g/mol. The lowest BCUT2D eigenvalue weighted by Gasteiger charge is -2.35. The van der Waals surface area contributed by atoms with Crippen molar-refractivity contribution in [3.8, 4) is 0 Å². The number of amides is 1. The van der Waals surface area contributed by atoms with Gasteiger partial charge in [0.1, 0.15) is 12.1 Å². The summed E-state index contributed by atoms with van der Waals surface area (Å²) in [6, 6.07) is 16.1. The molecule has 1 amide bonds. The largest absolute Gasteiger partial charge is 0.350 e. The fourth-order valence-electron chi connectivity index (χ4n) is 4.47. The van der Waals surface area contributed by atoms with Gasteiger partial charge in [0.2, 0.25) is 5.91 Å². The molecule has 1 fully saturated rings. The molecule has 0 aliphatic carbocycles. The van der Waals surface area contributed by atoms with Crippen molar-refractivity contribution in [3.63, 3.8) is 0 Å². The third-order valence-corrected chi connectivity index (χ3v) is 5.65. The summed E-state index contributed by atoms with van der Waals surface area (Å²) >= 11 is 0. The molecule has 2 heterocycles. The van der Waals surface area contributed by atoms with Gasteiger partial charge in [-0.15, -0.1) is 5.10 Å². The minimum absolute atomic E-state index is 0.0596. The van der Waals surface area contributed by atoms with Gasteiger partial charge in [0.15, 0.2) is 0 Å². The van der Waals surface area contributed by atoms with Gasteiger partial charge in [-0.2, -0.15) is 0 Å². The van der Waals surface area contributed by atoms with E-state index >= 15 is 0 Å². The van der Waals surface area contributed by atoms with Crippen LogP contribution < -0.4 is 5.32 Å². The highest BCUT2D eigenvalue weighted by atomic mass is 16.2. The van der Waals surface area contributed by atoms with Crippen LogP contribution in [0, 0.1) is 11.8 Å². The Morgan fingerprint density at radius 1 is 1.03 bits per heavy atom. The number of fused-ring (bicyclic) bond motifs is 1. The molecule has 1 N–H and O–H groups in total. The average Bonchev–Trinajstić information content (AvgIpc) is 3.09. The van der Waals surface area contributed by atoms with E-state index in [1.54, 1.807) is 4.68 Å². The smallest absolute Gasteiger partial charge is 0.242 e. The Hall–Kier alpha value is -2.73. The van der Waals surface area contributed by atoms with Gasteiger partial charge >= 0.3 is 0 Å². The first-order valence-corrected chi connectivity index (χ1v) is 10.4. The maximum atomic E-state index is 12.5. The van der Waals surface area contributed by atoms with Gasteiger partial charge in [-0.3, -0.25) is 9.69 Å². The average molecular weight is 392 g/mol. The van der Waals surface area contributed by atoms with Crippen LogP contribution in [0.25, 0.3) is 11.0 Å². The molecule has 6 heteroatoms. The lowest BCUT2D eigenvalue weighted by Crippen LogP contribution is -2.38. The SMILES string of the molecule is C[C@@H]1C[C@H](C)CN(Cc2ccccc2CNC(=O)Cn2nnc3ccccc32)C1. The van der Waals surface area contributed by atoms with Crippen LogP contribution in [-0.4, -0.2) is 38.9 Å². The van der Waals surface area contributed by atoms with Gasteiger partial charge < -0.3 is 5.32 Å². The van der Waals surface area contributed by atoms with Gasteiger partial charge in [-0.25, -0.2) is 4.68 Å². The molecule has 0 unspecified atom stereocenters. The first kappa shape index (κ1) is 19.6. The number of hydrogen-bond donors (Lipinski definition) is 1. The summed E-state index contributed by atoms with van der Waals surface area (Å²) < 4.78 is 1.65. The minimum atomic E-state index is -0.0596. The van der Waals surface area contributed by atoms with Crippen molar-refractivity contribution in [3.05, 3.63) is 59.7 Å². The van der Waals surface area contributed by atoms with Crippen LogP contribution in [-0.2, 0) is 24.4 Å². The van der Waals surface area contributed by atoms with Crippen LogP contribution in [0.15, 0.2) is 48.5 Å². The van der Waals surface area contributed by atoms with E-state index in [-0.39, 0.29) is 12.5 Å². The Kier molecular flexibility index (Phi) is 5.90. The van der Waals surface area contributed by atoms with E-state index in [9.17, 15) is 4.79 Å². The maximum Gasteiger partial charge on any atom is 0.242 e. The zero-order valence-electron chi connectivity index (χ0n) is 17.2. The first-order chi connectivity index (χ1) is 14.1. The topological polar surface area (TPSA) is 63.1 Å². The molecule has 29 heavy (non-hydrogen) atoms. The van der Waals surface area contributed by atoms with Gasteiger partial charge in [0.05, 0.1) is 5.52 Å². The molecule has 6 nitrogen and oxygen atoms in total. The van der Waals surface area contributed by atoms with Gasteiger partial charge in [0.25, 0.3) is 0 Å². The number of aromatic nitrogens is 3. The van der Waals surface area contributed by atoms with Gasteiger partial charge in [0, 0.05) is 26.2 Å². The Morgan fingerprint density at radius 2 is 1.72 bits per heavy atom. The fraction of sp³-hybridized carbons (Fsp3) is 0.435.